The van der Waals surface area contributed by atoms with Crippen molar-refractivity contribution in [2.75, 3.05) is 0 Å². The molecule has 0 fully saturated rings. The Morgan fingerprint density at radius 1 is 0.833 bits per heavy atom. The van der Waals surface area contributed by atoms with E-state index in [1.807, 2.05) is 62.4 Å². The van der Waals surface area contributed by atoms with Crippen molar-refractivity contribution in [1.29, 1.82) is 0 Å². The molecule has 0 saturated carbocycles. The normalized spacial score (nSPS) is 12.3. The maximum atomic E-state index is 10.3. The molecule has 30 heavy (non-hydrogen) atoms. The number of fused-ring (bicyclic) bond motifs is 1. The van der Waals surface area contributed by atoms with Crippen LogP contribution in [0.3, 0.4) is 0 Å². The van der Waals surface area contributed by atoms with Crippen molar-refractivity contribution in [3.63, 3.8) is 0 Å². The molecule has 0 spiro atoms. The second-order valence-electron chi connectivity index (χ2n) is 8.52. The molecule has 0 amide bonds. The minimum absolute atomic E-state index is 0.702. The van der Waals surface area contributed by atoms with E-state index in [2.05, 4.69) is 34.9 Å². The summed E-state index contributed by atoms with van der Waals surface area (Å²) in [7, 11) is 1.70. The molecule has 0 aliphatic rings. The number of hydrogen-bond acceptors (Lipinski definition) is 3. The molecule has 5 heteroatoms. The Morgan fingerprint density at radius 3 is 2.13 bits per heavy atom. The first-order valence-corrected chi connectivity index (χ1v) is 10.1. The lowest BCUT2D eigenvalue weighted by Gasteiger charge is -2.37. The van der Waals surface area contributed by atoms with Gasteiger partial charge in [-0.3, -0.25) is 4.57 Å². The standard InChI is InChI=1S/C25H26BN2O2/c1-24(2,29)25(3,4)30-26-19-14-16-20(17-15-19)28-22-13-9-8-12-21(22)27-23(28)18-10-6-5-7-11-18/h5-17,29H,1-4H3. The highest BCUT2D eigenvalue weighted by molar-refractivity contribution is 6.47. The average molecular weight is 397 g/mol. The van der Waals surface area contributed by atoms with Crippen LogP contribution in [0.15, 0.2) is 78.9 Å². The van der Waals surface area contributed by atoms with Crippen LogP contribution >= 0.6 is 0 Å². The molecular weight excluding hydrogens is 371 g/mol. The summed E-state index contributed by atoms with van der Waals surface area (Å²) in [6.07, 6.45) is 0. The lowest BCUT2D eigenvalue weighted by Crippen LogP contribution is -2.49. The Labute approximate surface area is 178 Å². The van der Waals surface area contributed by atoms with Crippen molar-refractivity contribution < 1.29 is 9.76 Å². The fourth-order valence-electron chi connectivity index (χ4n) is 3.13. The van der Waals surface area contributed by atoms with E-state index in [0.29, 0.717) is 0 Å². The Kier molecular flexibility index (Phi) is 5.26. The summed E-state index contributed by atoms with van der Waals surface area (Å²) in [5.74, 6) is 0.910. The molecule has 0 atom stereocenters. The largest absolute Gasteiger partial charge is 0.427 e. The van der Waals surface area contributed by atoms with E-state index in [1.165, 1.54) is 0 Å². The van der Waals surface area contributed by atoms with Crippen LogP contribution in [0.25, 0.3) is 28.1 Å². The highest BCUT2D eigenvalue weighted by Crippen LogP contribution is 2.28. The quantitative estimate of drug-likeness (QED) is 0.488. The summed E-state index contributed by atoms with van der Waals surface area (Å²) in [6.45, 7) is 7.25. The predicted octanol–water partition coefficient (Wildman–Crippen LogP) is 4.50. The average Bonchev–Trinajstić information content (AvgIpc) is 3.12. The summed E-state index contributed by atoms with van der Waals surface area (Å²) < 4.78 is 8.06. The van der Waals surface area contributed by atoms with Gasteiger partial charge in [0.25, 0.3) is 0 Å². The van der Waals surface area contributed by atoms with Gasteiger partial charge in [0.2, 0.25) is 0 Å². The summed E-state index contributed by atoms with van der Waals surface area (Å²) in [6, 6.07) is 26.5. The number of aliphatic hydroxyl groups is 1. The molecule has 4 nitrogen and oxygen atoms in total. The molecule has 4 rings (SSSR count). The molecule has 1 heterocycles. The van der Waals surface area contributed by atoms with Crippen LogP contribution < -0.4 is 5.46 Å². The molecular formula is C25H26BN2O2. The fourth-order valence-corrected chi connectivity index (χ4v) is 3.13. The second kappa shape index (κ2) is 7.75. The van der Waals surface area contributed by atoms with E-state index < -0.39 is 11.2 Å². The molecule has 4 aromatic rings. The fraction of sp³-hybridized carbons (Fsp3) is 0.240. The van der Waals surface area contributed by atoms with Crippen LogP contribution in [0.1, 0.15) is 27.7 Å². The summed E-state index contributed by atoms with van der Waals surface area (Å²) in [5.41, 5.74) is 3.40. The SMILES string of the molecule is CC(C)(O)C(C)(C)O[B]c1ccc(-n2c(-c3ccccc3)nc3ccccc32)cc1. The van der Waals surface area contributed by atoms with Gasteiger partial charge in [-0.1, -0.05) is 60.1 Å². The first-order chi connectivity index (χ1) is 14.3. The maximum Gasteiger partial charge on any atom is 0.330 e. The summed E-state index contributed by atoms with van der Waals surface area (Å²) >= 11 is 0. The molecule has 151 valence electrons. The number of hydrogen-bond donors (Lipinski definition) is 1. The van der Waals surface area contributed by atoms with Gasteiger partial charge in [-0.25, -0.2) is 4.98 Å². The second-order valence-corrected chi connectivity index (χ2v) is 8.52. The van der Waals surface area contributed by atoms with Gasteiger partial charge in [-0.05, 0) is 52.0 Å². The van der Waals surface area contributed by atoms with Crippen LogP contribution in [-0.2, 0) is 4.65 Å². The van der Waals surface area contributed by atoms with Crippen molar-refractivity contribution >= 4 is 24.0 Å². The molecule has 0 aliphatic heterocycles. The van der Waals surface area contributed by atoms with Crippen LogP contribution in [0, 0.1) is 0 Å². The molecule has 3 aromatic carbocycles. The topological polar surface area (TPSA) is 47.3 Å². The number of para-hydroxylation sites is 2. The highest BCUT2D eigenvalue weighted by Gasteiger charge is 2.35. The molecule has 0 saturated heterocycles. The van der Waals surface area contributed by atoms with Gasteiger partial charge in [0.15, 0.2) is 0 Å². The van der Waals surface area contributed by atoms with E-state index in [9.17, 15) is 5.11 Å². The lowest BCUT2D eigenvalue weighted by atomic mass is 9.82. The Balaban J connectivity index is 1.68. The summed E-state index contributed by atoms with van der Waals surface area (Å²) in [4.78, 5) is 4.88. The molecule has 0 unspecified atom stereocenters. The van der Waals surface area contributed by atoms with Crippen molar-refractivity contribution in [2.45, 2.75) is 38.9 Å². The van der Waals surface area contributed by atoms with Crippen LogP contribution in [0.5, 0.6) is 0 Å². The molecule has 0 aliphatic carbocycles. The minimum atomic E-state index is -0.955. The molecule has 1 radical (unpaired) electrons. The van der Waals surface area contributed by atoms with Crippen molar-refractivity contribution in [3.8, 4) is 17.1 Å². The van der Waals surface area contributed by atoms with E-state index in [4.69, 9.17) is 9.64 Å². The van der Waals surface area contributed by atoms with Gasteiger partial charge in [-0.15, -0.1) is 0 Å². The van der Waals surface area contributed by atoms with Crippen LogP contribution in [0.2, 0.25) is 0 Å². The van der Waals surface area contributed by atoms with Gasteiger partial charge in [0, 0.05) is 11.3 Å². The maximum absolute atomic E-state index is 10.3. The number of nitrogens with zero attached hydrogens (tertiary/aromatic N) is 2. The molecule has 0 bridgehead atoms. The monoisotopic (exact) mass is 397 g/mol. The van der Waals surface area contributed by atoms with Gasteiger partial charge < -0.3 is 9.76 Å². The third-order valence-corrected chi connectivity index (χ3v) is 5.71. The summed E-state index contributed by atoms with van der Waals surface area (Å²) in [5, 5.41) is 10.3. The van der Waals surface area contributed by atoms with Gasteiger partial charge in [0.05, 0.1) is 22.2 Å². The van der Waals surface area contributed by atoms with Crippen LogP contribution in [-0.4, -0.2) is 33.3 Å². The predicted molar refractivity (Wildman–Crippen MR) is 123 cm³/mol. The van der Waals surface area contributed by atoms with E-state index in [0.717, 1.165) is 33.6 Å². The van der Waals surface area contributed by atoms with Crippen molar-refractivity contribution in [2.24, 2.45) is 0 Å². The van der Waals surface area contributed by atoms with Crippen molar-refractivity contribution in [3.05, 3.63) is 78.9 Å². The van der Waals surface area contributed by atoms with Gasteiger partial charge in [0.1, 0.15) is 5.82 Å². The number of rotatable bonds is 6. The number of imidazole rings is 1. The Morgan fingerprint density at radius 2 is 1.47 bits per heavy atom. The smallest absolute Gasteiger partial charge is 0.330 e. The van der Waals surface area contributed by atoms with Gasteiger partial charge >= 0.3 is 7.48 Å². The Bertz CT molecular complexity index is 1140. The van der Waals surface area contributed by atoms with E-state index in [1.54, 1.807) is 21.3 Å². The minimum Gasteiger partial charge on any atom is -0.427 e. The first-order valence-electron chi connectivity index (χ1n) is 10.1. The van der Waals surface area contributed by atoms with E-state index in [-0.39, 0.29) is 0 Å². The van der Waals surface area contributed by atoms with E-state index >= 15 is 0 Å². The number of aromatic nitrogens is 2. The zero-order chi connectivity index (χ0) is 21.4. The molecule has 1 aromatic heterocycles. The Hall–Kier alpha value is -2.89. The van der Waals surface area contributed by atoms with Crippen LogP contribution in [0.4, 0.5) is 0 Å². The van der Waals surface area contributed by atoms with Crippen molar-refractivity contribution in [1.82, 2.24) is 9.55 Å². The zero-order valence-corrected chi connectivity index (χ0v) is 17.8. The highest BCUT2D eigenvalue weighted by atomic mass is 16.5. The third-order valence-electron chi connectivity index (χ3n) is 5.71. The lowest BCUT2D eigenvalue weighted by molar-refractivity contribution is -0.0893. The first kappa shape index (κ1) is 20.4. The molecule has 1 N–H and O–H groups in total. The third kappa shape index (κ3) is 3.91. The number of benzene rings is 3. The zero-order valence-electron chi connectivity index (χ0n) is 17.8. The van der Waals surface area contributed by atoms with Gasteiger partial charge in [-0.2, -0.15) is 0 Å².